The molecular formula is C10H12IN2+. The van der Waals surface area contributed by atoms with Crippen LogP contribution in [0.1, 0.15) is 5.56 Å². The van der Waals surface area contributed by atoms with Crippen LogP contribution in [-0.4, -0.2) is 11.5 Å². The standard InChI is InChI=1S/C10H11IN2/c11-8-1-2-10-9(5-8)7(3-4-12)6-13-10/h1-2,5-6,13H,3-4,12H2/p+1. The first-order valence-corrected chi connectivity index (χ1v) is 5.44. The summed E-state index contributed by atoms with van der Waals surface area (Å²) in [6.45, 7) is 0.957. The SMILES string of the molecule is [NH3+]CCc1c[nH]c2ccc(I)cc12. The quantitative estimate of drug-likeness (QED) is 0.787. The van der Waals surface area contributed by atoms with Crippen LogP contribution in [-0.2, 0) is 6.42 Å². The smallest absolute Gasteiger partial charge is 0.0781 e. The predicted molar refractivity (Wildman–Crippen MR) is 62.5 cm³/mol. The lowest BCUT2D eigenvalue weighted by Gasteiger charge is -1.95. The first-order chi connectivity index (χ1) is 6.31. The number of nitrogens with one attached hydrogen (secondary N) is 1. The van der Waals surface area contributed by atoms with Crippen LogP contribution in [0.25, 0.3) is 10.9 Å². The fourth-order valence-electron chi connectivity index (χ4n) is 1.55. The van der Waals surface area contributed by atoms with Gasteiger partial charge in [-0.1, -0.05) is 0 Å². The van der Waals surface area contributed by atoms with Gasteiger partial charge in [-0.25, -0.2) is 0 Å². The largest absolute Gasteiger partial charge is 0.361 e. The lowest BCUT2D eigenvalue weighted by molar-refractivity contribution is -0.366. The highest BCUT2D eigenvalue weighted by Gasteiger charge is 2.03. The van der Waals surface area contributed by atoms with Crippen molar-refractivity contribution in [1.29, 1.82) is 0 Å². The number of benzene rings is 1. The summed E-state index contributed by atoms with van der Waals surface area (Å²) in [5, 5.41) is 1.34. The summed E-state index contributed by atoms with van der Waals surface area (Å²) in [4.78, 5) is 3.27. The predicted octanol–water partition coefficient (Wildman–Crippen LogP) is 1.56. The monoisotopic (exact) mass is 287 g/mol. The molecule has 0 amide bonds. The van der Waals surface area contributed by atoms with Crippen molar-refractivity contribution < 1.29 is 5.73 Å². The molecule has 4 N–H and O–H groups in total. The van der Waals surface area contributed by atoms with Gasteiger partial charge in [-0.15, -0.1) is 0 Å². The molecule has 2 aromatic rings. The number of halogens is 1. The second-order valence-electron chi connectivity index (χ2n) is 3.11. The van der Waals surface area contributed by atoms with E-state index in [1.807, 2.05) is 0 Å². The van der Waals surface area contributed by atoms with Crippen molar-refractivity contribution in [2.24, 2.45) is 0 Å². The van der Waals surface area contributed by atoms with Gasteiger partial charge in [-0.2, -0.15) is 0 Å². The highest BCUT2D eigenvalue weighted by atomic mass is 127. The molecule has 3 heteroatoms. The first kappa shape index (κ1) is 9.02. The zero-order valence-electron chi connectivity index (χ0n) is 7.31. The van der Waals surface area contributed by atoms with E-state index >= 15 is 0 Å². The van der Waals surface area contributed by atoms with E-state index in [-0.39, 0.29) is 0 Å². The number of H-pyrrole nitrogens is 1. The van der Waals surface area contributed by atoms with Crippen LogP contribution < -0.4 is 5.73 Å². The van der Waals surface area contributed by atoms with Crippen molar-refractivity contribution in [3.05, 3.63) is 33.5 Å². The van der Waals surface area contributed by atoms with Crippen LogP contribution in [0.3, 0.4) is 0 Å². The second kappa shape index (κ2) is 3.67. The van der Waals surface area contributed by atoms with Gasteiger partial charge in [-0.3, -0.25) is 0 Å². The van der Waals surface area contributed by atoms with Crippen LogP contribution in [0.4, 0.5) is 0 Å². The molecule has 0 atom stereocenters. The Labute approximate surface area is 90.7 Å². The number of hydrogen-bond acceptors (Lipinski definition) is 0. The Balaban J connectivity index is 2.58. The maximum atomic E-state index is 3.87. The van der Waals surface area contributed by atoms with Gasteiger partial charge < -0.3 is 10.7 Å². The van der Waals surface area contributed by atoms with Gasteiger partial charge in [0, 0.05) is 27.1 Å². The van der Waals surface area contributed by atoms with Crippen molar-refractivity contribution in [2.75, 3.05) is 6.54 Å². The van der Waals surface area contributed by atoms with Gasteiger partial charge in [0.2, 0.25) is 0 Å². The minimum absolute atomic E-state index is 0.957. The minimum Gasteiger partial charge on any atom is -0.361 e. The van der Waals surface area contributed by atoms with Crippen molar-refractivity contribution >= 4 is 33.5 Å². The van der Waals surface area contributed by atoms with E-state index in [1.54, 1.807) is 0 Å². The third-order valence-corrected chi connectivity index (χ3v) is 2.85. The third-order valence-electron chi connectivity index (χ3n) is 2.18. The molecule has 1 aromatic heterocycles. The van der Waals surface area contributed by atoms with Gasteiger partial charge in [0.1, 0.15) is 0 Å². The van der Waals surface area contributed by atoms with E-state index in [0.29, 0.717) is 0 Å². The number of aromatic nitrogens is 1. The summed E-state index contributed by atoms with van der Waals surface area (Å²) in [6, 6.07) is 6.47. The minimum atomic E-state index is 0.957. The third kappa shape index (κ3) is 1.71. The molecule has 2 rings (SSSR count). The van der Waals surface area contributed by atoms with Crippen molar-refractivity contribution in [2.45, 2.75) is 6.42 Å². The molecule has 0 fully saturated rings. The molecule has 0 spiro atoms. The molecule has 0 unspecified atom stereocenters. The molecule has 68 valence electrons. The molecule has 2 nitrogen and oxygen atoms in total. The van der Waals surface area contributed by atoms with Gasteiger partial charge >= 0.3 is 0 Å². The number of rotatable bonds is 2. The Kier molecular flexibility index (Phi) is 2.55. The lowest BCUT2D eigenvalue weighted by atomic mass is 10.1. The van der Waals surface area contributed by atoms with E-state index < -0.39 is 0 Å². The van der Waals surface area contributed by atoms with E-state index in [4.69, 9.17) is 0 Å². The Hall–Kier alpha value is -0.550. The van der Waals surface area contributed by atoms with Crippen LogP contribution in [0, 0.1) is 3.57 Å². The van der Waals surface area contributed by atoms with Crippen LogP contribution in [0.15, 0.2) is 24.4 Å². The lowest BCUT2D eigenvalue weighted by Crippen LogP contribution is -2.51. The van der Waals surface area contributed by atoms with E-state index in [0.717, 1.165) is 13.0 Å². The fraction of sp³-hybridized carbons (Fsp3) is 0.200. The molecule has 0 aliphatic rings. The summed E-state index contributed by atoms with van der Waals surface area (Å²) < 4.78 is 1.29. The topological polar surface area (TPSA) is 43.4 Å². The molecule has 1 heterocycles. The maximum absolute atomic E-state index is 3.87. The summed E-state index contributed by atoms with van der Waals surface area (Å²) in [5.41, 5.74) is 6.48. The number of fused-ring (bicyclic) bond motifs is 1. The molecule has 1 aromatic carbocycles. The first-order valence-electron chi connectivity index (χ1n) is 4.36. The van der Waals surface area contributed by atoms with Crippen molar-refractivity contribution in [1.82, 2.24) is 4.98 Å². The molecule has 13 heavy (non-hydrogen) atoms. The highest BCUT2D eigenvalue weighted by Crippen LogP contribution is 2.20. The van der Waals surface area contributed by atoms with Crippen LogP contribution >= 0.6 is 22.6 Å². The Morgan fingerprint density at radius 3 is 3.00 bits per heavy atom. The van der Waals surface area contributed by atoms with Gasteiger partial charge in [-0.05, 0) is 46.4 Å². The normalized spacial score (nSPS) is 10.9. The molecule has 0 radical (unpaired) electrons. The molecule has 0 saturated heterocycles. The summed E-state index contributed by atoms with van der Waals surface area (Å²) in [6.07, 6.45) is 3.14. The molecule has 0 bridgehead atoms. The fourth-order valence-corrected chi connectivity index (χ4v) is 2.04. The number of quaternary nitrogens is 1. The average molecular weight is 287 g/mol. The van der Waals surface area contributed by atoms with Gasteiger partial charge in [0.05, 0.1) is 6.54 Å². The van der Waals surface area contributed by atoms with Crippen molar-refractivity contribution in [3.63, 3.8) is 0 Å². The number of aromatic amines is 1. The molecule has 0 aliphatic carbocycles. The van der Waals surface area contributed by atoms with Crippen molar-refractivity contribution in [3.8, 4) is 0 Å². The highest BCUT2D eigenvalue weighted by molar-refractivity contribution is 14.1. The van der Waals surface area contributed by atoms with E-state index in [9.17, 15) is 0 Å². The summed E-state index contributed by atoms with van der Waals surface area (Å²) >= 11 is 2.34. The average Bonchev–Trinajstić information content (AvgIpc) is 2.49. The molecule has 0 saturated carbocycles. The van der Waals surface area contributed by atoms with E-state index in [1.165, 1.54) is 20.0 Å². The maximum Gasteiger partial charge on any atom is 0.0781 e. The summed E-state index contributed by atoms with van der Waals surface area (Å²) in [5.74, 6) is 0. The van der Waals surface area contributed by atoms with E-state index in [2.05, 4.69) is 57.7 Å². The zero-order valence-corrected chi connectivity index (χ0v) is 9.47. The molecular weight excluding hydrogens is 275 g/mol. The zero-order chi connectivity index (χ0) is 9.26. The number of hydrogen-bond donors (Lipinski definition) is 2. The van der Waals surface area contributed by atoms with Gasteiger partial charge in [0.25, 0.3) is 0 Å². The van der Waals surface area contributed by atoms with Gasteiger partial charge in [0.15, 0.2) is 0 Å². The Bertz CT molecular complexity index is 420. The van der Waals surface area contributed by atoms with Crippen LogP contribution in [0.2, 0.25) is 0 Å². The Morgan fingerprint density at radius 2 is 2.23 bits per heavy atom. The Morgan fingerprint density at radius 1 is 1.38 bits per heavy atom. The van der Waals surface area contributed by atoms with Crippen LogP contribution in [0.5, 0.6) is 0 Å². The second-order valence-corrected chi connectivity index (χ2v) is 4.35. The molecule has 0 aliphatic heterocycles. The summed E-state index contributed by atoms with van der Waals surface area (Å²) in [7, 11) is 0.